The highest BCUT2D eigenvalue weighted by Gasteiger charge is 2.32. The van der Waals surface area contributed by atoms with Crippen molar-refractivity contribution in [1.82, 2.24) is 24.7 Å². The molecular formula is C26H27N7OS. The van der Waals surface area contributed by atoms with Gasteiger partial charge in [0, 0.05) is 42.4 Å². The molecule has 2 atom stereocenters. The van der Waals surface area contributed by atoms with E-state index in [2.05, 4.69) is 45.5 Å². The summed E-state index contributed by atoms with van der Waals surface area (Å²) >= 11 is 1.88. The molecule has 0 fully saturated rings. The lowest BCUT2D eigenvalue weighted by Crippen LogP contribution is -2.18. The van der Waals surface area contributed by atoms with Crippen molar-refractivity contribution in [2.45, 2.75) is 32.1 Å². The lowest BCUT2D eigenvalue weighted by Gasteiger charge is -2.19. The number of thioether (sulfide) groups is 1. The van der Waals surface area contributed by atoms with Gasteiger partial charge in [0.1, 0.15) is 17.8 Å². The highest BCUT2D eigenvalue weighted by molar-refractivity contribution is 7.99. The maximum absolute atomic E-state index is 13.0. The van der Waals surface area contributed by atoms with Gasteiger partial charge in [0.05, 0.1) is 22.3 Å². The van der Waals surface area contributed by atoms with Gasteiger partial charge in [0.15, 0.2) is 0 Å². The van der Waals surface area contributed by atoms with Crippen LogP contribution in [-0.4, -0.2) is 42.4 Å². The SMILES string of the molecule is Cc1cc(C(=O)Nc2cccnc2C)ccc1[C@H]1SC[C@H](C)Nc2c1c(-c1ccncn1)nn2C. The van der Waals surface area contributed by atoms with E-state index in [4.69, 9.17) is 5.10 Å². The van der Waals surface area contributed by atoms with E-state index < -0.39 is 0 Å². The highest BCUT2D eigenvalue weighted by Crippen LogP contribution is 2.47. The fraction of sp³-hybridized carbons (Fsp3) is 0.269. The lowest BCUT2D eigenvalue weighted by atomic mass is 9.96. The molecule has 0 radical (unpaired) electrons. The Kier molecular flexibility index (Phi) is 6.25. The van der Waals surface area contributed by atoms with Gasteiger partial charge in [-0.3, -0.25) is 14.5 Å². The first-order valence-corrected chi connectivity index (χ1v) is 12.5. The zero-order valence-corrected chi connectivity index (χ0v) is 20.9. The summed E-state index contributed by atoms with van der Waals surface area (Å²) in [5, 5.41) is 11.5. The first-order chi connectivity index (χ1) is 16.9. The molecule has 1 aliphatic rings. The Hall–Kier alpha value is -3.72. The fourth-order valence-corrected chi connectivity index (χ4v) is 5.74. The number of aromatic nitrogens is 5. The number of aryl methyl sites for hydroxylation is 3. The van der Waals surface area contributed by atoms with Crippen molar-refractivity contribution < 1.29 is 4.79 Å². The minimum atomic E-state index is -0.150. The number of benzene rings is 1. The molecule has 3 aromatic heterocycles. The number of nitrogens with zero attached hydrogens (tertiary/aromatic N) is 5. The van der Waals surface area contributed by atoms with Crippen molar-refractivity contribution in [2.24, 2.45) is 7.05 Å². The van der Waals surface area contributed by atoms with Crippen molar-refractivity contribution >= 4 is 29.2 Å². The van der Waals surface area contributed by atoms with Crippen LogP contribution in [0.5, 0.6) is 0 Å². The average Bonchev–Trinajstić information content (AvgIpc) is 3.06. The smallest absolute Gasteiger partial charge is 0.255 e. The van der Waals surface area contributed by atoms with Gasteiger partial charge in [-0.1, -0.05) is 6.07 Å². The molecular weight excluding hydrogens is 458 g/mol. The van der Waals surface area contributed by atoms with Gasteiger partial charge in [-0.05, 0) is 62.2 Å². The van der Waals surface area contributed by atoms with Gasteiger partial charge in [0.2, 0.25) is 0 Å². The van der Waals surface area contributed by atoms with Crippen LogP contribution in [0.25, 0.3) is 11.4 Å². The molecule has 2 N–H and O–H groups in total. The number of carbonyl (C=O) groups excluding carboxylic acids is 1. The van der Waals surface area contributed by atoms with Gasteiger partial charge in [-0.15, -0.1) is 11.8 Å². The summed E-state index contributed by atoms with van der Waals surface area (Å²) in [4.78, 5) is 25.8. The van der Waals surface area contributed by atoms with Crippen LogP contribution < -0.4 is 10.6 Å². The summed E-state index contributed by atoms with van der Waals surface area (Å²) in [6.07, 6.45) is 5.00. The number of hydrogen-bond donors (Lipinski definition) is 2. The van der Waals surface area contributed by atoms with Gasteiger partial charge >= 0.3 is 0 Å². The Morgan fingerprint density at radius 3 is 2.77 bits per heavy atom. The van der Waals surface area contributed by atoms with Crippen LogP contribution in [0, 0.1) is 13.8 Å². The van der Waals surface area contributed by atoms with Gasteiger partial charge in [0.25, 0.3) is 5.91 Å². The molecule has 0 unspecified atom stereocenters. The molecule has 0 saturated heterocycles. The van der Waals surface area contributed by atoms with Gasteiger partial charge < -0.3 is 10.6 Å². The zero-order chi connectivity index (χ0) is 24.5. The van der Waals surface area contributed by atoms with E-state index in [9.17, 15) is 4.79 Å². The second kappa shape index (κ2) is 9.50. The Morgan fingerprint density at radius 2 is 2.03 bits per heavy atom. The number of pyridine rings is 1. The molecule has 178 valence electrons. The van der Waals surface area contributed by atoms with Crippen molar-refractivity contribution in [2.75, 3.05) is 16.4 Å². The number of rotatable bonds is 4. The van der Waals surface area contributed by atoms with Gasteiger partial charge in [-0.2, -0.15) is 5.10 Å². The third-order valence-corrected chi connectivity index (χ3v) is 7.65. The maximum atomic E-state index is 13.0. The number of nitrogens with one attached hydrogen (secondary N) is 2. The lowest BCUT2D eigenvalue weighted by molar-refractivity contribution is 0.102. The molecule has 0 aliphatic carbocycles. The number of amides is 1. The molecule has 0 bridgehead atoms. The summed E-state index contributed by atoms with van der Waals surface area (Å²) < 4.78 is 1.90. The summed E-state index contributed by atoms with van der Waals surface area (Å²) in [5.41, 5.74) is 7.06. The summed E-state index contributed by atoms with van der Waals surface area (Å²) in [6, 6.07) is 11.8. The fourth-order valence-electron chi connectivity index (χ4n) is 4.35. The predicted molar refractivity (Wildman–Crippen MR) is 140 cm³/mol. The standard InChI is InChI=1S/C26H27N7OS/c1-15-12-18(26(34)31-20-6-5-10-28-17(20)3)7-8-19(15)24-22-23(21-9-11-27-14-29-21)32-33(4)25(22)30-16(2)13-35-24/h5-12,14,16,24,30H,13H2,1-4H3,(H,31,34)/t16-,24+/m0/s1. The molecule has 8 nitrogen and oxygen atoms in total. The summed E-state index contributed by atoms with van der Waals surface area (Å²) in [6.45, 7) is 6.12. The number of hydrogen-bond acceptors (Lipinski definition) is 7. The molecule has 35 heavy (non-hydrogen) atoms. The van der Waals surface area contributed by atoms with E-state index in [0.29, 0.717) is 11.3 Å². The summed E-state index contributed by atoms with van der Waals surface area (Å²) in [5.74, 6) is 1.78. The molecule has 1 aliphatic heterocycles. The Morgan fingerprint density at radius 1 is 1.17 bits per heavy atom. The van der Waals surface area contributed by atoms with Crippen LogP contribution in [0.4, 0.5) is 11.5 Å². The zero-order valence-electron chi connectivity index (χ0n) is 20.1. The number of anilines is 2. The van der Waals surface area contributed by atoms with E-state index in [1.165, 1.54) is 0 Å². The monoisotopic (exact) mass is 485 g/mol. The Balaban J connectivity index is 1.53. The molecule has 4 heterocycles. The van der Waals surface area contributed by atoms with Crippen LogP contribution in [0.1, 0.15) is 44.9 Å². The molecule has 1 amide bonds. The summed E-state index contributed by atoms with van der Waals surface area (Å²) in [7, 11) is 1.96. The van der Waals surface area contributed by atoms with Gasteiger partial charge in [-0.25, -0.2) is 9.97 Å². The molecule has 0 spiro atoms. The van der Waals surface area contributed by atoms with E-state index in [0.717, 1.165) is 45.3 Å². The van der Waals surface area contributed by atoms with Crippen molar-refractivity contribution in [3.05, 3.63) is 83.1 Å². The molecule has 0 saturated carbocycles. The minimum Gasteiger partial charge on any atom is -0.367 e. The van der Waals surface area contributed by atoms with Crippen molar-refractivity contribution in [1.29, 1.82) is 0 Å². The van der Waals surface area contributed by atoms with Crippen LogP contribution in [-0.2, 0) is 7.05 Å². The van der Waals surface area contributed by atoms with E-state index in [1.807, 2.05) is 60.7 Å². The van der Waals surface area contributed by atoms with Crippen LogP contribution in [0.3, 0.4) is 0 Å². The largest absolute Gasteiger partial charge is 0.367 e. The topological polar surface area (TPSA) is 97.6 Å². The predicted octanol–water partition coefficient (Wildman–Crippen LogP) is 4.78. The van der Waals surface area contributed by atoms with E-state index in [1.54, 1.807) is 18.7 Å². The first kappa shape index (κ1) is 23.0. The van der Waals surface area contributed by atoms with Crippen LogP contribution in [0.2, 0.25) is 0 Å². The normalized spacial score (nSPS) is 17.3. The molecule has 5 rings (SSSR count). The molecule has 1 aromatic carbocycles. The second-order valence-electron chi connectivity index (χ2n) is 8.75. The van der Waals surface area contributed by atoms with E-state index >= 15 is 0 Å². The number of carbonyl (C=O) groups is 1. The first-order valence-electron chi connectivity index (χ1n) is 11.5. The molecule has 9 heteroatoms. The van der Waals surface area contributed by atoms with Crippen LogP contribution in [0.15, 0.2) is 55.1 Å². The quantitative estimate of drug-likeness (QED) is 0.429. The highest BCUT2D eigenvalue weighted by atomic mass is 32.2. The second-order valence-corrected chi connectivity index (χ2v) is 9.89. The Labute approximate surface area is 208 Å². The third kappa shape index (κ3) is 4.51. The Bertz CT molecular complexity index is 1390. The van der Waals surface area contributed by atoms with Crippen LogP contribution >= 0.6 is 11.8 Å². The minimum absolute atomic E-state index is 0.0406. The number of fused-ring (bicyclic) bond motifs is 1. The maximum Gasteiger partial charge on any atom is 0.255 e. The van der Waals surface area contributed by atoms with E-state index in [-0.39, 0.29) is 17.2 Å². The molecule has 4 aromatic rings. The average molecular weight is 486 g/mol. The van der Waals surface area contributed by atoms with Crippen molar-refractivity contribution in [3.63, 3.8) is 0 Å². The van der Waals surface area contributed by atoms with Crippen molar-refractivity contribution in [3.8, 4) is 11.4 Å². The third-order valence-electron chi connectivity index (χ3n) is 6.14.